The summed E-state index contributed by atoms with van der Waals surface area (Å²) in [5.41, 5.74) is 8.64. The molecule has 0 radical (unpaired) electrons. The predicted octanol–water partition coefficient (Wildman–Crippen LogP) is 3.84. The molecule has 3 N–H and O–H groups in total. The molecular formula is C22H34ClN3O. The lowest BCUT2D eigenvalue weighted by molar-refractivity contribution is -0.122. The summed E-state index contributed by atoms with van der Waals surface area (Å²) in [5.74, 6) is 1.43. The molecule has 2 unspecified atom stereocenters. The monoisotopic (exact) mass is 391 g/mol. The highest BCUT2D eigenvalue weighted by molar-refractivity contribution is 5.92. The molecule has 150 valence electrons. The van der Waals surface area contributed by atoms with E-state index in [9.17, 15) is 4.79 Å². The highest BCUT2D eigenvalue weighted by Gasteiger charge is 2.40. The number of rotatable bonds is 5. The molecule has 1 amide bonds. The van der Waals surface area contributed by atoms with Gasteiger partial charge in [0.25, 0.3) is 0 Å². The maximum Gasteiger partial charge on any atom is 0.227 e. The molecule has 2 saturated carbocycles. The largest absolute Gasteiger partial charge is 0.327 e. The van der Waals surface area contributed by atoms with Crippen LogP contribution < -0.4 is 11.1 Å². The molecule has 4 nitrogen and oxygen atoms in total. The fourth-order valence-electron chi connectivity index (χ4n) is 5.35. The standard InChI is InChI=1S/C22H33N3O.ClH/c23-21-17-6-4-7-18(21)15-19(14-17)22(26)24-20-8-3-5-16(13-20)9-12-25-10-1-2-11-25;/h3,5,8,13,17-19,21H,1-2,4,6-7,9-12,14-15,23H2,(H,24,26);1H. The van der Waals surface area contributed by atoms with Gasteiger partial charge < -0.3 is 16.0 Å². The maximum absolute atomic E-state index is 12.8. The van der Waals surface area contributed by atoms with Crippen molar-refractivity contribution in [2.75, 3.05) is 25.0 Å². The lowest BCUT2D eigenvalue weighted by Gasteiger charge is -2.43. The van der Waals surface area contributed by atoms with Gasteiger partial charge in [0.2, 0.25) is 5.91 Å². The Morgan fingerprint density at radius 2 is 1.81 bits per heavy atom. The molecule has 5 heteroatoms. The van der Waals surface area contributed by atoms with Gasteiger partial charge in [0.15, 0.2) is 0 Å². The number of halogens is 1. The minimum Gasteiger partial charge on any atom is -0.327 e. The highest BCUT2D eigenvalue weighted by atomic mass is 35.5. The van der Waals surface area contributed by atoms with Crippen LogP contribution in [0.2, 0.25) is 0 Å². The van der Waals surface area contributed by atoms with E-state index < -0.39 is 0 Å². The number of carbonyl (C=O) groups is 1. The lowest BCUT2D eigenvalue weighted by atomic mass is 9.65. The first-order valence-corrected chi connectivity index (χ1v) is 10.6. The predicted molar refractivity (Wildman–Crippen MR) is 113 cm³/mol. The van der Waals surface area contributed by atoms with Crippen LogP contribution in [0.4, 0.5) is 5.69 Å². The SMILES string of the molecule is Cl.NC1C2CCCC1CC(C(=O)Nc1cccc(CCN3CCCC3)c1)C2. The van der Waals surface area contributed by atoms with Crippen LogP contribution in [0.1, 0.15) is 50.5 Å². The van der Waals surface area contributed by atoms with Crippen LogP contribution in [-0.4, -0.2) is 36.5 Å². The molecule has 27 heavy (non-hydrogen) atoms. The number of nitrogens with two attached hydrogens (primary N) is 1. The summed E-state index contributed by atoms with van der Waals surface area (Å²) in [4.78, 5) is 15.4. The number of fused-ring (bicyclic) bond motifs is 2. The molecule has 1 heterocycles. The number of amides is 1. The van der Waals surface area contributed by atoms with E-state index in [-0.39, 0.29) is 24.2 Å². The van der Waals surface area contributed by atoms with E-state index in [2.05, 4.69) is 28.4 Å². The van der Waals surface area contributed by atoms with Gasteiger partial charge in [-0.15, -0.1) is 12.4 Å². The summed E-state index contributed by atoms with van der Waals surface area (Å²) < 4.78 is 0. The van der Waals surface area contributed by atoms with E-state index in [1.54, 1.807) is 0 Å². The van der Waals surface area contributed by atoms with Gasteiger partial charge in [-0.3, -0.25) is 4.79 Å². The Morgan fingerprint density at radius 3 is 2.52 bits per heavy atom. The number of carbonyl (C=O) groups excluding carboxylic acids is 1. The average Bonchev–Trinajstić information content (AvgIpc) is 3.13. The van der Waals surface area contributed by atoms with Gasteiger partial charge in [-0.2, -0.15) is 0 Å². The Balaban J connectivity index is 0.00000210. The van der Waals surface area contributed by atoms with E-state index >= 15 is 0 Å². The van der Waals surface area contributed by atoms with E-state index in [0.717, 1.165) is 31.5 Å². The van der Waals surface area contributed by atoms with Crippen LogP contribution in [0.25, 0.3) is 0 Å². The second kappa shape index (κ2) is 9.40. The molecule has 2 bridgehead atoms. The van der Waals surface area contributed by atoms with E-state index in [0.29, 0.717) is 17.9 Å². The van der Waals surface area contributed by atoms with Crippen LogP contribution >= 0.6 is 12.4 Å². The zero-order valence-corrected chi connectivity index (χ0v) is 17.1. The number of hydrogen-bond acceptors (Lipinski definition) is 3. The third kappa shape index (κ3) is 5.04. The van der Waals surface area contributed by atoms with Crippen molar-refractivity contribution in [1.82, 2.24) is 4.90 Å². The summed E-state index contributed by atoms with van der Waals surface area (Å²) in [6, 6.07) is 8.74. The summed E-state index contributed by atoms with van der Waals surface area (Å²) in [6.45, 7) is 3.60. The number of nitrogens with one attached hydrogen (secondary N) is 1. The third-order valence-corrected chi connectivity index (χ3v) is 6.89. The summed E-state index contributed by atoms with van der Waals surface area (Å²) >= 11 is 0. The zero-order valence-electron chi connectivity index (χ0n) is 16.2. The summed E-state index contributed by atoms with van der Waals surface area (Å²) in [5, 5.41) is 3.19. The molecular weight excluding hydrogens is 358 g/mol. The van der Waals surface area contributed by atoms with Crippen LogP contribution in [0.3, 0.4) is 0 Å². The quantitative estimate of drug-likeness (QED) is 0.801. The summed E-state index contributed by atoms with van der Waals surface area (Å²) in [7, 11) is 0. The minimum atomic E-state index is 0. The fraction of sp³-hybridized carbons (Fsp3) is 0.682. The van der Waals surface area contributed by atoms with Crippen LogP contribution in [0.5, 0.6) is 0 Å². The van der Waals surface area contributed by atoms with Crippen molar-refractivity contribution in [2.24, 2.45) is 23.5 Å². The van der Waals surface area contributed by atoms with E-state index in [1.807, 2.05) is 6.07 Å². The molecule has 1 aromatic carbocycles. The molecule has 2 aliphatic carbocycles. The van der Waals surface area contributed by atoms with Crippen molar-refractivity contribution in [3.8, 4) is 0 Å². The molecule has 2 atom stereocenters. The molecule has 1 aliphatic heterocycles. The average molecular weight is 392 g/mol. The van der Waals surface area contributed by atoms with Gasteiger partial charge in [0.05, 0.1) is 0 Å². The van der Waals surface area contributed by atoms with Gasteiger partial charge >= 0.3 is 0 Å². The fourth-order valence-corrected chi connectivity index (χ4v) is 5.35. The van der Waals surface area contributed by atoms with Gasteiger partial charge in [-0.25, -0.2) is 0 Å². The van der Waals surface area contributed by atoms with Gasteiger partial charge in [-0.05, 0) is 87.6 Å². The number of benzene rings is 1. The van der Waals surface area contributed by atoms with Crippen molar-refractivity contribution < 1.29 is 4.79 Å². The second-order valence-electron chi connectivity index (χ2n) is 8.69. The normalized spacial score (nSPS) is 30.6. The first-order valence-electron chi connectivity index (χ1n) is 10.6. The number of nitrogens with zero attached hydrogens (tertiary/aromatic N) is 1. The Labute approximate surface area is 169 Å². The second-order valence-corrected chi connectivity index (χ2v) is 8.69. The first kappa shape index (κ1) is 20.6. The smallest absolute Gasteiger partial charge is 0.227 e. The zero-order chi connectivity index (χ0) is 17.9. The lowest BCUT2D eigenvalue weighted by Crippen LogP contribution is -2.48. The van der Waals surface area contributed by atoms with Gasteiger partial charge in [0, 0.05) is 24.2 Å². The Hall–Kier alpha value is -1.10. The van der Waals surface area contributed by atoms with Crippen molar-refractivity contribution in [3.63, 3.8) is 0 Å². The van der Waals surface area contributed by atoms with Crippen molar-refractivity contribution in [3.05, 3.63) is 29.8 Å². The van der Waals surface area contributed by atoms with Gasteiger partial charge in [-0.1, -0.05) is 18.6 Å². The van der Waals surface area contributed by atoms with Crippen molar-refractivity contribution in [2.45, 2.75) is 57.4 Å². The Morgan fingerprint density at radius 1 is 1.11 bits per heavy atom. The third-order valence-electron chi connectivity index (χ3n) is 6.89. The number of hydrogen-bond donors (Lipinski definition) is 2. The molecule has 3 aliphatic rings. The molecule has 0 spiro atoms. The minimum absolute atomic E-state index is 0. The highest BCUT2D eigenvalue weighted by Crippen LogP contribution is 2.42. The Kier molecular flexibility index (Phi) is 7.18. The van der Waals surface area contributed by atoms with Crippen molar-refractivity contribution >= 4 is 24.0 Å². The Bertz CT molecular complexity index is 618. The topological polar surface area (TPSA) is 58.4 Å². The number of anilines is 1. The van der Waals surface area contributed by atoms with Crippen LogP contribution in [-0.2, 0) is 11.2 Å². The molecule has 1 aromatic rings. The summed E-state index contributed by atoms with van der Waals surface area (Å²) in [6.07, 6.45) is 9.37. The molecule has 3 fully saturated rings. The first-order chi connectivity index (χ1) is 12.7. The number of likely N-dealkylation sites (tertiary alicyclic amines) is 1. The van der Waals surface area contributed by atoms with Gasteiger partial charge in [0.1, 0.15) is 0 Å². The molecule has 1 saturated heterocycles. The van der Waals surface area contributed by atoms with Crippen LogP contribution in [0, 0.1) is 17.8 Å². The van der Waals surface area contributed by atoms with E-state index in [4.69, 9.17) is 5.73 Å². The van der Waals surface area contributed by atoms with Crippen molar-refractivity contribution in [1.29, 1.82) is 0 Å². The van der Waals surface area contributed by atoms with Crippen LogP contribution in [0.15, 0.2) is 24.3 Å². The molecule has 4 rings (SSSR count). The molecule has 0 aromatic heterocycles. The maximum atomic E-state index is 12.8. The van der Waals surface area contributed by atoms with E-state index in [1.165, 1.54) is 50.8 Å².